The highest BCUT2D eigenvalue weighted by Crippen LogP contribution is 2.40. The van der Waals surface area contributed by atoms with E-state index in [0.29, 0.717) is 17.7 Å². The average Bonchev–Trinajstić information content (AvgIpc) is 3.40. The van der Waals surface area contributed by atoms with E-state index in [2.05, 4.69) is 10.6 Å². The molecule has 0 aliphatic heterocycles. The number of ketones is 1. The van der Waals surface area contributed by atoms with Crippen LogP contribution in [0.5, 0.6) is 0 Å². The maximum absolute atomic E-state index is 12.4. The first-order chi connectivity index (χ1) is 12.4. The van der Waals surface area contributed by atoms with Gasteiger partial charge in [0.05, 0.1) is 11.8 Å². The van der Waals surface area contributed by atoms with E-state index in [1.54, 1.807) is 24.3 Å². The third-order valence-electron chi connectivity index (χ3n) is 4.86. The Morgan fingerprint density at radius 3 is 2.27 bits per heavy atom. The lowest BCUT2D eigenvalue weighted by Gasteiger charge is -2.10. The van der Waals surface area contributed by atoms with Gasteiger partial charge >= 0.3 is 0 Å². The maximum atomic E-state index is 12.4. The summed E-state index contributed by atoms with van der Waals surface area (Å²) >= 11 is 0. The van der Waals surface area contributed by atoms with Crippen LogP contribution in [0, 0.1) is 25.7 Å². The number of benzene rings is 2. The first-order valence-electron chi connectivity index (χ1n) is 8.65. The summed E-state index contributed by atoms with van der Waals surface area (Å²) in [6, 6.07) is 12.6. The first kappa shape index (κ1) is 17.9. The molecule has 26 heavy (non-hydrogen) atoms. The highest BCUT2D eigenvalue weighted by Gasteiger charge is 2.48. The number of rotatable bonds is 5. The molecule has 1 saturated carbocycles. The van der Waals surface area contributed by atoms with Gasteiger partial charge in [0.25, 0.3) is 0 Å². The summed E-state index contributed by atoms with van der Waals surface area (Å²) in [5, 5.41) is 5.72. The molecule has 134 valence electrons. The van der Waals surface area contributed by atoms with Gasteiger partial charge in [-0.25, -0.2) is 0 Å². The minimum atomic E-state index is -0.332. The monoisotopic (exact) mass is 350 g/mol. The van der Waals surface area contributed by atoms with Crippen LogP contribution < -0.4 is 10.6 Å². The van der Waals surface area contributed by atoms with Crippen LogP contribution >= 0.6 is 0 Å². The molecule has 5 nitrogen and oxygen atoms in total. The van der Waals surface area contributed by atoms with Gasteiger partial charge in [0.15, 0.2) is 5.78 Å². The second kappa shape index (κ2) is 7.12. The van der Waals surface area contributed by atoms with Crippen LogP contribution in [0.1, 0.15) is 34.8 Å². The molecule has 3 rings (SSSR count). The number of carbonyl (C=O) groups is 3. The number of carbonyl (C=O) groups excluding carboxylic acids is 3. The van der Waals surface area contributed by atoms with Crippen molar-refractivity contribution in [3.8, 4) is 0 Å². The van der Waals surface area contributed by atoms with E-state index in [-0.39, 0.29) is 29.4 Å². The van der Waals surface area contributed by atoms with Gasteiger partial charge in [0.2, 0.25) is 11.8 Å². The number of nitrogens with one attached hydrogen (secondary N) is 2. The fourth-order valence-corrected chi connectivity index (χ4v) is 2.94. The Bertz CT molecular complexity index is 889. The summed E-state index contributed by atoms with van der Waals surface area (Å²) in [6.07, 6.45) is 0.537. The highest BCUT2D eigenvalue weighted by atomic mass is 16.2. The number of anilines is 2. The fraction of sp³-hybridized carbons (Fsp3) is 0.286. The Balaban J connectivity index is 1.60. The van der Waals surface area contributed by atoms with Crippen molar-refractivity contribution in [3.63, 3.8) is 0 Å². The van der Waals surface area contributed by atoms with Crippen LogP contribution in [0.25, 0.3) is 0 Å². The van der Waals surface area contributed by atoms with E-state index in [9.17, 15) is 14.4 Å². The Morgan fingerprint density at radius 2 is 1.58 bits per heavy atom. The van der Waals surface area contributed by atoms with Crippen molar-refractivity contribution in [3.05, 3.63) is 59.2 Å². The molecule has 0 aromatic heterocycles. The third kappa shape index (κ3) is 3.82. The number of amides is 2. The molecule has 1 aliphatic rings. The summed E-state index contributed by atoms with van der Waals surface area (Å²) in [7, 11) is 0. The van der Waals surface area contributed by atoms with Crippen molar-refractivity contribution in [2.45, 2.75) is 27.2 Å². The summed E-state index contributed by atoms with van der Waals surface area (Å²) in [6.45, 7) is 5.44. The van der Waals surface area contributed by atoms with Crippen LogP contribution in [0.15, 0.2) is 42.5 Å². The van der Waals surface area contributed by atoms with Gasteiger partial charge in [-0.3, -0.25) is 14.4 Å². The zero-order chi connectivity index (χ0) is 18.8. The van der Waals surface area contributed by atoms with Crippen molar-refractivity contribution in [2.75, 3.05) is 10.6 Å². The molecule has 0 saturated heterocycles. The predicted molar refractivity (Wildman–Crippen MR) is 101 cm³/mol. The third-order valence-corrected chi connectivity index (χ3v) is 4.86. The lowest BCUT2D eigenvalue weighted by atomic mass is 10.1. The van der Waals surface area contributed by atoms with Gasteiger partial charge in [-0.05, 0) is 56.5 Å². The molecule has 2 aromatic rings. The summed E-state index contributed by atoms with van der Waals surface area (Å²) in [4.78, 5) is 36.2. The first-order valence-corrected chi connectivity index (χ1v) is 8.65. The number of hydrogen-bond acceptors (Lipinski definition) is 3. The van der Waals surface area contributed by atoms with Crippen molar-refractivity contribution < 1.29 is 14.4 Å². The minimum Gasteiger partial charge on any atom is -0.326 e. The molecule has 2 unspecified atom stereocenters. The lowest BCUT2D eigenvalue weighted by Crippen LogP contribution is -2.21. The van der Waals surface area contributed by atoms with Crippen LogP contribution in [0.2, 0.25) is 0 Å². The van der Waals surface area contributed by atoms with Gasteiger partial charge in [-0.15, -0.1) is 0 Å². The van der Waals surface area contributed by atoms with Crippen LogP contribution in [0.3, 0.4) is 0 Å². The Kier molecular flexibility index (Phi) is 4.89. The molecule has 1 fully saturated rings. The molecule has 2 N–H and O–H groups in total. The molecule has 2 atom stereocenters. The molecule has 0 radical (unpaired) electrons. The van der Waals surface area contributed by atoms with E-state index in [1.165, 1.54) is 6.92 Å². The Hall–Kier alpha value is -2.95. The van der Waals surface area contributed by atoms with Gasteiger partial charge < -0.3 is 10.6 Å². The normalized spacial score (nSPS) is 18.1. The minimum absolute atomic E-state index is 0.0571. The van der Waals surface area contributed by atoms with E-state index < -0.39 is 0 Å². The quantitative estimate of drug-likeness (QED) is 0.807. The topological polar surface area (TPSA) is 75.3 Å². The largest absolute Gasteiger partial charge is 0.326 e. The zero-order valence-electron chi connectivity index (χ0n) is 15.1. The van der Waals surface area contributed by atoms with Crippen molar-refractivity contribution in [2.24, 2.45) is 11.8 Å². The average molecular weight is 350 g/mol. The summed E-state index contributed by atoms with van der Waals surface area (Å²) in [5.74, 6) is -1.02. The van der Waals surface area contributed by atoms with Gasteiger partial charge in [0.1, 0.15) is 0 Å². The van der Waals surface area contributed by atoms with Crippen LogP contribution in [-0.4, -0.2) is 17.6 Å². The second-order valence-electron chi connectivity index (χ2n) is 6.81. The van der Waals surface area contributed by atoms with E-state index in [1.807, 2.05) is 32.0 Å². The molecule has 0 bridgehead atoms. The maximum Gasteiger partial charge on any atom is 0.228 e. The molecule has 2 aromatic carbocycles. The van der Waals surface area contributed by atoms with Crippen LogP contribution in [-0.2, 0) is 9.59 Å². The van der Waals surface area contributed by atoms with Gasteiger partial charge in [-0.1, -0.05) is 24.3 Å². The molecule has 5 heteroatoms. The molecular formula is C21H22N2O3. The lowest BCUT2D eigenvalue weighted by molar-refractivity contribution is -0.122. The second-order valence-corrected chi connectivity index (χ2v) is 6.81. The number of Topliss-reactive ketones (excluding diaryl/α,β-unsaturated/α-hetero) is 1. The van der Waals surface area contributed by atoms with Crippen molar-refractivity contribution in [1.29, 1.82) is 0 Å². The zero-order valence-corrected chi connectivity index (χ0v) is 15.1. The van der Waals surface area contributed by atoms with Crippen molar-refractivity contribution >= 4 is 29.0 Å². The van der Waals surface area contributed by atoms with Gasteiger partial charge in [0, 0.05) is 16.9 Å². The SMILES string of the molecule is CC(=O)c1cccc(NC(=O)C2CC2C(=O)Nc2cccc(C)c2C)c1. The van der Waals surface area contributed by atoms with Gasteiger partial charge in [-0.2, -0.15) is 0 Å². The predicted octanol–water partition coefficient (Wildman–Crippen LogP) is 3.72. The summed E-state index contributed by atoms with van der Waals surface area (Å²) < 4.78 is 0. The fourth-order valence-electron chi connectivity index (χ4n) is 2.94. The number of hydrogen-bond donors (Lipinski definition) is 2. The van der Waals surface area contributed by atoms with E-state index in [0.717, 1.165) is 16.8 Å². The van der Waals surface area contributed by atoms with E-state index in [4.69, 9.17) is 0 Å². The Morgan fingerprint density at radius 1 is 0.923 bits per heavy atom. The molecule has 1 aliphatic carbocycles. The smallest absolute Gasteiger partial charge is 0.228 e. The molecule has 0 spiro atoms. The molecule has 2 amide bonds. The van der Waals surface area contributed by atoms with Crippen LogP contribution in [0.4, 0.5) is 11.4 Å². The highest BCUT2D eigenvalue weighted by molar-refractivity contribution is 6.04. The van der Waals surface area contributed by atoms with E-state index >= 15 is 0 Å². The molecule has 0 heterocycles. The number of aryl methyl sites for hydroxylation is 1. The summed E-state index contributed by atoms with van der Waals surface area (Å²) in [5.41, 5.74) is 4.04. The van der Waals surface area contributed by atoms with Crippen molar-refractivity contribution in [1.82, 2.24) is 0 Å². The molecular weight excluding hydrogens is 328 g/mol. The Labute approximate surface area is 152 Å². The standard InChI is InChI=1S/C21H22N2O3/c1-12-6-4-9-19(13(12)2)23-21(26)18-11-17(18)20(25)22-16-8-5-7-15(10-16)14(3)24/h4-10,17-18H,11H2,1-3H3,(H,22,25)(H,23,26).